The predicted octanol–water partition coefficient (Wildman–Crippen LogP) is 0.479. The van der Waals surface area contributed by atoms with E-state index < -0.39 is 0 Å². The lowest BCUT2D eigenvalue weighted by Gasteiger charge is -2.32. The Kier molecular flexibility index (Phi) is 5.76. The molecule has 0 spiro atoms. The number of amides is 3. The second-order valence-electron chi connectivity index (χ2n) is 8.37. The Morgan fingerprint density at radius 2 is 1.57 bits per heavy atom. The SMILES string of the molecule is O=C(CCN1C(=O)[C@@H]2CCCC[C@H]2C1=O)N1CC[NH+](Cc2ccccc2)CC1. The molecule has 3 fully saturated rings. The third-order valence-corrected chi connectivity index (χ3v) is 6.60. The minimum absolute atomic E-state index is 0.0420. The van der Waals surface area contributed by atoms with Crippen molar-refractivity contribution in [2.45, 2.75) is 38.6 Å². The molecule has 1 aromatic carbocycles. The van der Waals surface area contributed by atoms with Gasteiger partial charge in [-0.3, -0.25) is 19.3 Å². The van der Waals surface area contributed by atoms with Crippen LogP contribution in [0, 0.1) is 11.8 Å². The molecule has 0 radical (unpaired) electrons. The molecule has 28 heavy (non-hydrogen) atoms. The van der Waals surface area contributed by atoms with Gasteiger partial charge in [0.2, 0.25) is 17.7 Å². The number of nitrogens with zero attached hydrogens (tertiary/aromatic N) is 2. The second kappa shape index (κ2) is 8.43. The van der Waals surface area contributed by atoms with Gasteiger partial charge in [0.25, 0.3) is 0 Å². The van der Waals surface area contributed by atoms with Crippen LogP contribution in [0.5, 0.6) is 0 Å². The van der Waals surface area contributed by atoms with Gasteiger partial charge in [-0.15, -0.1) is 0 Å². The number of carbonyl (C=O) groups is 3. The highest BCUT2D eigenvalue weighted by molar-refractivity contribution is 6.05. The quantitative estimate of drug-likeness (QED) is 0.751. The number of hydrogen-bond donors (Lipinski definition) is 1. The van der Waals surface area contributed by atoms with Crippen molar-refractivity contribution in [1.82, 2.24) is 9.80 Å². The van der Waals surface area contributed by atoms with Crippen LogP contribution in [0.1, 0.15) is 37.7 Å². The van der Waals surface area contributed by atoms with Crippen LogP contribution in [0.4, 0.5) is 0 Å². The van der Waals surface area contributed by atoms with Gasteiger partial charge >= 0.3 is 0 Å². The number of hydrogen-bond acceptors (Lipinski definition) is 3. The first-order valence-electron chi connectivity index (χ1n) is 10.6. The van der Waals surface area contributed by atoms with Gasteiger partial charge in [0.1, 0.15) is 6.54 Å². The zero-order chi connectivity index (χ0) is 19.5. The van der Waals surface area contributed by atoms with E-state index in [2.05, 4.69) is 24.3 Å². The van der Waals surface area contributed by atoms with E-state index in [0.717, 1.165) is 58.4 Å². The lowest BCUT2D eigenvalue weighted by molar-refractivity contribution is -0.917. The molecule has 1 saturated carbocycles. The summed E-state index contributed by atoms with van der Waals surface area (Å²) < 4.78 is 0. The van der Waals surface area contributed by atoms with Crippen LogP contribution in [0.2, 0.25) is 0 Å². The van der Waals surface area contributed by atoms with Gasteiger partial charge in [-0.1, -0.05) is 43.2 Å². The highest BCUT2D eigenvalue weighted by Gasteiger charge is 2.47. The molecule has 1 N–H and O–H groups in total. The molecule has 2 aliphatic heterocycles. The van der Waals surface area contributed by atoms with Gasteiger partial charge in [-0.05, 0) is 12.8 Å². The number of nitrogens with one attached hydrogen (secondary N) is 1. The number of rotatable bonds is 5. The van der Waals surface area contributed by atoms with Crippen molar-refractivity contribution in [3.63, 3.8) is 0 Å². The Balaban J connectivity index is 1.24. The maximum Gasteiger partial charge on any atom is 0.233 e. The summed E-state index contributed by atoms with van der Waals surface area (Å²) in [6.45, 7) is 4.60. The van der Waals surface area contributed by atoms with Crippen LogP contribution in [0.15, 0.2) is 30.3 Å². The largest absolute Gasteiger partial charge is 0.331 e. The van der Waals surface area contributed by atoms with E-state index in [1.54, 1.807) is 0 Å². The Morgan fingerprint density at radius 1 is 0.964 bits per heavy atom. The number of fused-ring (bicyclic) bond motifs is 1. The molecule has 1 aromatic rings. The highest BCUT2D eigenvalue weighted by Crippen LogP contribution is 2.37. The topological polar surface area (TPSA) is 62.1 Å². The first-order chi connectivity index (χ1) is 13.6. The number of quaternary nitrogens is 1. The van der Waals surface area contributed by atoms with Crippen molar-refractivity contribution in [2.75, 3.05) is 32.7 Å². The number of carbonyl (C=O) groups excluding carboxylic acids is 3. The average Bonchev–Trinajstić information content (AvgIpc) is 2.98. The molecular formula is C22H30N3O3+. The summed E-state index contributed by atoms with van der Waals surface area (Å²) in [5.74, 6) is -0.267. The van der Waals surface area contributed by atoms with Crippen LogP contribution in [0.3, 0.4) is 0 Å². The standard InChI is InChI=1S/C22H29N3O3/c26-20(10-11-25-21(27)18-8-4-5-9-19(18)22(25)28)24-14-12-23(13-15-24)16-17-6-2-1-3-7-17/h1-3,6-7,18-19H,4-5,8-16H2/p+1/t18-,19-/m1/s1. The van der Waals surface area contributed by atoms with E-state index in [1.165, 1.54) is 15.4 Å². The summed E-state index contributed by atoms with van der Waals surface area (Å²) in [5.41, 5.74) is 1.32. The molecule has 6 nitrogen and oxygen atoms in total. The van der Waals surface area contributed by atoms with Gasteiger partial charge in [0, 0.05) is 18.5 Å². The molecule has 0 aromatic heterocycles. The van der Waals surface area contributed by atoms with Crippen molar-refractivity contribution >= 4 is 17.7 Å². The van der Waals surface area contributed by atoms with E-state index in [1.807, 2.05) is 11.0 Å². The van der Waals surface area contributed by atoms with Crippen LogP contribution in [-0.4, -0.2) is 60.2 Å². The van der Waals surface area contributed by atoms with E-state index in [4.69, 9.17) is 0 Å². The molecule has 0 bridgehead atoms. The molecule has 4 rings (SSSR count). The highest BCUT2D eigenvalue weighted by atomic mass is 16.2. The maximum atomic E-state index is 12.6. The Morgan fingerprint density at radius 3 is 2.18 bits per heavy atom. The van der Waals surface area contributed by atoms with E-state index in [0.29, 0.717) is 0 Å². The molecular weight excluding hydrogens is 354 g/mol. The van der Waals surface area contributed by atoms with E-state index >= 15 is 0 Å². The Bertz CT molecular complexity index is 704. The third kappa shape index (κ3) is 3.97. The number of benzene rings is 1. The van der Waals surface area contributed by atoms with Crippen LogP contribution in [-0.2, 0) is 20.9 Å². The zero-order valence-corrected chi connectivity index (χ0v) is 16.4. The van der Waals surface area contributed by atoms with E-state index in [-0.39, 0.29) is 42.5 Å². The molecule has 2 saturated heterocycles. The fourth-order valence-corrected chi connectivity index (χ4v) is 4.95. The second-order valence-corrected chi connectivity index (χ2v) is 8.37. The monoisotopic (exact) mass is 384 g/mol. The number of piperazine rings is 1. The Hall–Kier alpha value is -2.21. The minimum atomic E-state index is -0.124. The summed E-state index contributed by atoms with van der Waals surface area (Å²) in [6, 6.07) is 10.4. The van der Waals surface area contributed by atoms with Crippen molar-refractivity contribution in [2.24, 2.45) is 11.8 Å². The van der Waals surface area contributed by atoms with Crippen molar-refractivity contribution in [3.8, 4) is 0 Å². The van der Waals surface area contributed by atoms with Crippen LogP contribution >= 0.6 is 0 Å². The van der Waals surface area contributed by atoms with Gasteiger partial charge in [-0.25, -0.2) is 0 Å². The fourth-order valence-electron chi connectivity index (χ4n) is 4.95. The lowest BCUT2D eigenvalue weighted by Crippen LogP contribution is -3.13. The predicted molar refractivity (Wildman–Crippen MR) is 104 cm³/mol. The fraction of sp³-hybridized carbons (Fsp3) is 0.591. The third-order valence-electron chi connectivity index (χ3n) is 6.60. The molecule has 6 heteroatoms. The van der Waals surface area contributed by atoms with Crippen molar-refractivity contribution < 1.29 is 19.3 Å². The van der Waals surface area contributed by atoms with Gasteiger partial charge in [-0.2, -0.15) is 0 Å². The first kappa shape index (κ1) is 19.1. The molecule has 2 atom stereocenters. The van der Waals surface area contributed by atoms with Gasteiger partial charge in [0.05, 0.1) is 38.0 Å². The lowest BCUT2D eigenvalue weighted by atomic mass is 9.81. The maximum absolute atomic E-state index is 12.6. The average molecular weight is 385 g/mol. The van der Waals surface area contributed by atoms with E-state index in [9.17, 15) is 14.4 Å². The molecule has 1 aliphatic carbocycles. The van der Waals surface area contributed by atoms with Crippen molar-refractivity contribution in [3.05, 3.63) is 35.9 Å². The molecule has 2 heterocycles. The number of imide groups is 1. The summed E-state index contributed by atoms with van der Waals surface area (Å²) in [4.78, 5) is 42.4. The molecule has 0 unspecified atom stereocenters. The molecule has 3 aliphatic rings. The van der Waals surface area contributed by atoms with Gasteiger partial charge in [0.15, 0.2) is 0 Å². The summed E-state index contributed by atoms with van der Waals surface area (Å²) in [5, 5.41) is 0. The summed E-state index contributed by atoms with van der Waals surface area (Å²) in [6.07, 6.45) is 3.97. The Labute approximate surface area is 166 Å². The van der Waals surface area contributed by atoms with Crippen LogP contribution in [0.25, 0.3) is 0 Å². The van der Waals surface area contributed by atoms with Gasteiger partial charge < -0.3 is 9.80 Å². The zero-order valence-electron chi connectivity index (χ0n) is 16.4. The first-order valence-corrected chi connectivity index (χ1v) is 10.6. The number of likely N-dealkylation sites (tertiary alicyclic amines) is 1. The van der Waals surface area contributed by atoms with Crippen LogP contribution < -0.4 is 4.90 Å². The smallest absolute Gasteiger partial charge is 0.233 e. The summed E-state index contributed by atoms with van der Waals surface area (Å²) in [7, 11) is 0. The minimum Gasteiger partial charge on any atom is -0.331 e. The molecule has 3 amide bonds. The molecule has 150 valence electrons. The van der Waals surface area contributed by atoms with Crippen molar-refractivity contribution in [1.29, 1.82) is 0 Å². The summed E-state index contributed by atoms with van der Waals surface area (Å²) >= 11 is 0. The normalized spacial score (nSPS) is 25.9.